The number of methoxy groups -OCH3 is 2. The Kier molecular flexibility index (Phi) is 4.91. The molecule has 2 aromatic heterocycles. The molecular weight excluding hydrogens is 452 g/mol. The van der Waals surface area contributed by atoms with Crippen LogP contribution in [0.2, 0.25) is 5.02 Å². The predicted octanol–water partition coefficient (Wildman–Crippen LogP) is 4.98. The van der Waals surface area contributed by atoms with Gasteiger partial charge in [0.15, 0.2) is 22.1 Å². The number of halogens is 1. The molecule has 1 amide bonds. The molecule has 1 aliphatic rings. The molecule has 5 rings (SSSR count). The van der Waals surface area contributed by atoms with Crippen LogP contribution < -0.4 is 19.8 Å². The van der Waals surface area contributed by atoms with Gasteiger partial charge in [0, 0.05) is 16.6 Å². The van der Waals surface area contributed by atoms with Gasteiger partial charge in [0.25, 0.3) is 5.91 Å². The normalized spacial score (nSPS) is 15.3. The highest BCUT2D eigenvalue weighted by molar-refractivity contribution is 7.13. The van der Waals surface area contributed by atoms with E-state index in [-0.39, 0.29) is 16.8 Å². The van der Waals surface area contributed by atoms with Crippen molar-refractivity contribution >= 4 is 44.9 Å². The Morgan fingerprint density at radius 3 is 2.59 bits per heavy atom. The van der Waals surface area contributed by atoms with E-state index in [1.165, 1.54) is 23.3 Å². The fourth-order valence-corrected chi connectivity index (χ4v) is 4.79. The maximum atomic E-state index is 13.6. The topological polar surface area (TPSA) is 81.9 Å². The molecule has 1 aliphatic heterocycles. The molecule has 3 heterocycles. The lowest BCUT2D eigenvalue weighted by Gasteiger charge is -2.23. The number of anilines is 1. The number of carbonyl (C=O) groups is 1. The molecule has 9 heteroatoms. The Morgan fingerprint density at radius 1 is 1.12 bits per heavy atom. The number of ether oxygens (including phenoxy) is 2. The van der Waals surface area contributed by atoms with Crippen LogP contribution in [-0.4, -0.2) is 25.1 Å². The average Bonchev–Trinajstić information content (AvgIpc) is 3.41. The molecule has 162 valence electrons. The maximum absolute atomic E-state index is 13.6. The highest BCUT2D eigenvalue weighted by atomic mass is 35.5. The second-order valence-corrected chi connectivity index (χ2v) is 8.56. The van der Waals surface area contributed by atoms with Crippen LogP contribution in [0, 0.1) is 6.92 Å². The van der Waals surface area contributed by atoms with Crippen LogP contribution in [0.5, 0.6) is 11.5 Å². The summed E-state index contributed by atoms with van der Waals surface area (Å²) in [5, 5.41) is 3.00. The van der Waals surface area contributed by atoms with E-state index < -0.39 is 11.9 Å². The first-order valence-corrected chi connectivity index (χ1v) is 10.9. The fraction of sp³-hybridized carbons (Fsp3) is 0.174. The summed E-state index contributed by atoms with van der Waals surface area (Å²) >= 11 is 7.58. The third-order valence-electron chi connectivity index (χ3n) is 5.50. The fourth-order valence-electron chi connectivity index (χ4n) is 3.96. The molecular formula is C23H17ClN2O5S. The molecule has 0 bridgehead atoms. The van der Waals surface area contributed by atoms with Gasteiger partial charge in [-0.15, -0.1) is 11.3 Å². The van der Waals surface area contributed by atoms with Gasteiger partial charge in [-0.3, -0.25) is 14.5 Å². The molecule has 0 fully saturated rings. The van der Waals surface area contributed by atoms with Crippen LogP contribution >= 0.6 is 22.9 Å². The summed E-state index contributed by atoms with van der Waals surface area (Å²) in [5.41, 5.74) is 1.66. The lowest BCUT2D eigenvalue weighted by Crippen LogP contribution is -2.29. The Balaban J connectivity index is 1.82. The first-order chi connectivity index (χ1) is 15.4. The van der Waals surface area contributed by atoms with E-state index >= 15 is 0 Å². The number of carbonyl (C=O) groups excluding carboxylic acids is 1. The Bertz CT molecular complexity index is 1430. The highest BCUT2D eigenvalue weighted by Crippen LogP contribution is 2.43. The van der Waals surface area contributed by atoms with Crippen molar-refractivity contribution in [3.8, 4) is 11.5 Å². The van der Waals surface area contributed by atoms with Crippen molar-refractivity contribution in [1.29, 1.82) is 0 Å². The van der Waals surface area contributed by atoms with Crippen molar-refractivity contribution in [3.05, 3.63) is 79.6 Å². The zero-order chi connectivity index (χ0) is 22.6. The van der Waals surface area contributed by atoms with Gasteiger partial charge in [0.2, 0.25) is 5.76 Å². The highest BCUT2D eigenvalue weighted by Gasteiger charge is 2.45. The molecule has 32 heavy (non-hydrogen) atoms. The molecule has 0 saturated carbocycles. The molecule has 1 unspecified atom stereocenters. The standard InChI is InChI=1S/C23H17ClN2O5S/c1-11-8-16-13(10-14(11)24)20(27)18-19(12-4-5-15(29-2)17(9-12)30-3)26(22(28)21(18)31-16)23-25-6-7-32-23/h4-10,19H,1-3H3. The van der Waals surface area contributed by atoms with Gasteiger partial charge in [0.05, 0.1) is 31.2 Å². The molecule has 2 aromatic carbocycles. The number of rotatable bonds is 4. The second-order valence-electron chi connectivity index (χ2n) is 7.28. The SMILES string of the molecule is COc1ccc(C2c3c(oc4cc(C)c(Cl)cc4c3=O)C(=O)N2c2nccs2)cc1OC. The summed E-state index contributed by atoms with van der Waals surface area (Å²) in [5.74, 6) is 0.587. The van der Waals surface area contributed by atoms with E-state index in [2.05, 4.69) is 4.98 Å². The van der Waals surface area contributed by atoms with Crippen LogP contribution in [0.4, 0.5) is 5.13 Å². The van der Waals surface area contributed by atoms with Crippen molar-refractivity contribution < 1.29 is 18.7 Å². The smallest absolute Gasteiger partial charge is 0.297 e. The molecule has 7 nitrogen and oxygen atoms in total. The molecule has 0 aliphatic carbocycles. The summed E-state index contributed by atoms with van der Waals surface area (Å²) in [4.78, 5) is 32.9. The summed E-state index contributed by atoms with van der Waals surface area (Å²) in [7, 11) is 3.07. The quantitative estimate of drug-likeness (QED) is 0.420. The molecule has 0 saturated heterocycles. The van der Waals surface area contributed by atoms with Gasteiger partial charge >= 0.3 is 0 Å². The van der Waals surface area contributed by atoms with E-state index in [0.29, 0.717) is 38.2 Å². The zero-order valence-corrected chi connectivity index (χ0v) is 18.9. The van der Waals surface area contributed by atoms with Crippen LogP contribution in [0.1, 0.15) is 33.3 Å². The molecule has 4 aromatic rings. The van der Waals surface area contributed by atoms with Gasteiger partial charge < -0.3 is 13.9 Å². The van der Waals surface area contributed by atoms with Gasteiger partial charge in [0.1, 0.15) is 5.58 Å². The number of amides is 1. The number of nitrogens with zero attached hydrogens (tertiary/aromatic N) is 2. The minimum atomic E-state index is -0.746. The van der Waals surface area contributed by atoms with Crippen molar-refractivity contribution in [1.82, 2.24) is 4.98 Å². The lowest BCUT2D eigenvalue weighted by atomic mass is 9.98. The van der Waals surface area contributed by atoms with Crippen LogP contribution in [-0.2, 0) is 0 Å². The summed E-state index contributed by atoms with van der Waals surface area (Å²) in [6.45, 7) is 1.81. The van der Waals surface area contributed by atoms with Gasteiger partial charge in [-0.1, -0.05) is 17.7 Å². The lowest BCUT2D eigenvalue weighted by molar-refractivity contribution is 0.0971. The van der Waals surface area contributed by atoms with E-state index in [0.717, 1.165) is 5.56 Å². The maximum Gasteiger partial charge on any atom is 0.297 e. The largest absolute Gasteiger partial charge is 0.493 e. The van der Waals surface area contributed by atoms with Crippen LogP contribution in [0.15, 0.2) is 51.1 Å². The van der Waals surface area contributed by atoms with Gasteiger partial charge in [-0.05, 0) is 42.3 Å². The Labute approximate surface area is 191 Å². The number of hydrogen-bond acceptors (Lipinski definition) is 7. The number of hydrogen-bond donors (Lipinski definition) is 0. The van der Waals surface area contributed by atoms with Crippen LogP contribution in [0.25, 0.3) is 11.0 Å². The molecule has 0 radical (unpaired) electrons. The monoisotopic (exact) mass is 468 g/mol. The van der Waals surface area contributed by atoms with Crippen molar-refractivity contribution in [2.24, 2.45) is 0 Å². The number of fused-ring (bicyclic) bond motifs is 2. The second kappa shape index (κ2) is 7.65. The van der Waals surface area contributed by atoms with E-state index in [1.54, 1.807) is 49.0 Å². The van der Waals surface area contributed by atoms with Crippen molar-refractivity contribution in [2.75, 3.05) is 19.1 Å². The minimum absolute atomic E-state index is 0.000734. The number of aromatic nitrogens is 1. The van der Waals surface area contributed by atoms with E-state index in [1.807, 2.05) is 6.92 Å². The summed E-state index contributed by atoms with van der Waals surface area (Å²) in [6, 6.07) is 7.78. The third kappa shape index (κ3) is 2.98. The Morgan fingerprint density at radius 2 is 1.91 bits per heavy atom. The molecule has 0 N–H and O–H groups in total. The summed E-state index contributed by atoms with van der Waals surface area (Å²) < 4.78 is 16.8. The molecule has 1 atom stereocenters. The summed E-state index contributed by atoms with van der Waals surface area (Å²) in [6.07, 6.45) is 1.61. The van der Waals surface area contributed by atoms with Gasteiger partial charge in [-0.2, -0.15) is 0 Å². The number of thiazole rings is 1. The first kappa shape index (κ1) is 20.5. The zero-order valence-electron chi connectivity index (χ0n) is 17.3. The van der Waals surface area contributed by atoms with Gasteiger partial charge in [-0.25, -0.2) is 4.98 Å². The predicted molar refractivity (Wildman–Crippen MR) is 123 cm³/mol. The van der Waals surface area contributed by atoms with E-state index in [4.69, 9.17) is 25.5 Å². The third-order valence-corrected chi connectivity index (χ3v) is 6.68. The van der Waals surface area contributed by atoms with Crippen LogP contribution in [0.3, 0.4) is 0 Å². The Hall–Kier alpha value is -3.36. The minimum Gasteiger partial charge on any atom is -0.493 e. The van der Waals surface area contributed by atoms with E-state index in [9.17, 15) is 9.59 Å². The average molecular weight is 469 g/mol. The molecule has 0 spiro atoms. The van der Waals surface area contributed by atoms with Crippen molar-refractivity contribution in [3.63, 3.8) is 0 Å². The first-order valence-electron chi connectivity index (χ1n) is 9.66. The number of aryl methyl sites for hydroxylation is 1. The van der Waals surface area contributed by atoms with Crippen molar-refractivity contribution in [2.45, 2.75) is 13.0 Å². The number of benzene rings is 2.